The third-order valence-electron chi connectivity index (χ3n) is 4.78. The number of likely N-dealkylation sites (tertiary alicyclic amines) is 1. The Morgan fingerprint density at radius 3 is 2.62 bits per heavy atom. The molecule has 1 unspecified atom stereocenters. The van der Waals surface area contributed by atoms with E-state index >= 15 is 0 Å². The summed E-state index contributed by atoms with van der Waals surface area (Å²) in [7, 11) is 1.83. The molecule has 0 aliphatic carbocycles. The number of hydrogen-bond donors (Lipinski definition) is 2. The zero-order chi connectivity index (χ0) is 17.4. The van der Waals surface area contributed by atoms with Crippen LogP contribution in [-0.2, 0) is 13.1 Å². The van der Waals surface area contributed by atoms with E-state index in [1.54, 1.807) is 0 Å². The Balaban J connectivity index is 1.95. The van der Waals surface area contributed by atoms with Crippen LogP contribution in [0.1, 0.15) is 51.2 Å². The first-order valence-electron chi connectivity index (χ1n) is 9.35. The van der Waals surface area contributed by atoms with E-state index in [0.29, 0.717) is 12.0 Å². The van der Waals surface area contributed by atoms with Gasteiger partial charge in [0.05, 0.1) is 0 Å². The molecule has 4 heteroatoms. The molecule has 0 saturated carbocycles. The molecule has 1 aromatic carbocycles. The Labute approximate surface area is 147 Å². The van der Waals surface area contributed by atoms with Crippen molar-refractivity contribution in [3.05, 3.63) is 35.4 Å². The van der Waals surface area contributed by atoms with Gasteiger partial charge >= 0.3 is 0 Å². The lowest BCUT2D eigenvalue weighted by atomic mass is 10.0. The minimum absolute atomic E-state index is 0.608. The largest absolute Gasteiger partial charge is 0.356 e. The van der Waals surface area contributed by atoms with Crippen molar-refractivity contribution in [1.29, 1.82) is 0 Å². The van der Waals surface area contributed by atoms with E-state index in [1.807, 2.05) is 7.05 Å². The first kappa shape index (κ1) is 18.8. The topological polar surface area (TPSA) is 39.7 Å². The van der Waals surface area contributed by atoms with Crippen LogP contribution in [0, 0.1) is 5.92 Å². The van der Waals surface area contributed by atoms with Crippen LogP contribution in [0.4, 0.5) is 0 Å². The molecule has 1 heterocycles. The van der Waals surface area contributed by atoms with Crippen LogP contribution in [0.5, 0.6) is 0 Å². The van der Waals surface area contributed by atoms with Crippen molar-refractivity contribution in [3.8, 4) is 0 Å². The van der Waals surface area contributed by atoms with Crippen LogP contribution < -0.4 is 10.6 Å². The zero-order valence-electron chi connectivity index (χ0n) is 15.8. The molecule has 0 bridgehead atoms. The molecule has 1 saturated heterocycles. The van der Waals surface area contributed by atoms with Gasteiger partial charge in [0.2, 0.25) is 0 Å². The van der Waals surface area contributed by atoms with Crippen LogP contribution in [0.3, 0.4) is 0 Å². The number of benzene rings is 1. The number of piperidine rings is 1. The third kappa shape index (κ3) is 5.82. The summed E-state index contributed by atoms with van der Waals surface area (Å²) in [4.78, 5) is 6.94. The van der Waals surface area contributed by atoms with E-state index in [9.17, 15) is 0 Å². The summed E-state index contributed by atoms with van der Waals surface area (Å²) < 4.78 is 0. The summed E-state index contributed by atoms with van der Waals surface area (Å²) in [6.07, 6.45) is 4.03. The lowest BCUT2D eigenvalue weighted by Crippen LogP contribution is -2.39. The van der Waals surface area contributed by atoms with Crippen LogP contribution in [0.2, 0.25) is 0 Å². The van der Waals surface area contributed by atoms with Gasteiger partial charge in [0.1, 0.15) is 0 Å². The van der Waals surface area contributed by atoms with Crippen molar-refractivity contribution in [3.63, 3.8) is 0 Å². The van der Waals surface area contributed by atoms with Crippen LogP contribution >= 0.6 is 0 Å². The molecule has 134 valence electrons. The predicted octanol–water partition coefficient (Wildman–Crippen LogP) is 3.38. The van der Waals surface area contributed by atoms with Gasteiger partial charge in [-0.2, -0.15) is 0 Å². The highest BCUT2D eigenvalue weighted by Gasteiger charge is 2.19. The molecule has 1 aliphatic heterocycles. The number of hydrogen-bond acceptors (Lipinski definition) is 2. The summed E-state index contributed by atoms with van der Waals surface area (Å²) in [6.45, 7) is 10.8. The highest BCUT2D eigenvalue weighted by molar-refractivity contribution is 5.79. The fourth-order valence-corrected chi connectivity index (χ4v) is 3.20. The first-order chi connectivity index (χ1) is 11.6. The highest BCUT2D eigenvalue weighted by atomic mass is 15.2. The smallest absolute Gasteiger partial charge is 0.191 e. The Bertz CT molecular complexity index is 524. The molecule has 1 fully saturated rings. The highest BCUT2D eigenvalue weighted by Crippen LogP contribution is 2.20. The van der Waals surface area contributed by atoms with Gasteiger partial charge in [-0.3, -0.25) is 9.89 Å². The minimum Gasteiger partial charge on any atom is -0.356 e. The second kappa shape index (κ2) is 9.67. The number of rotatable bonds is 6. The number of guanidine groups is 1. The van der Waals surface area contributed by atoms with Gasteiger partial charge in [-0.15, -0.1) is 0 Å². The Hall–Kier alpha value is -1.55. The molecule has 1 aromatic rings. The maximum absolute atomic E-state index is 4.32. The van der Waals surface area contributed by atoms with Gasteiger partial charge in [-0.25, -0.2) is 0 Å². The Morgan fingerprint density at radius 1 is 1.21 bits per heavy atom. The van der Waals surface area contributed by atoms with E-state index in [0.717, 1.165) is 25.6 Å². The Kier molecular flexibility index (Phi) is 7.57. The summed E-state index contributed by atoms with van der Waals surface area (Å²) in [5, 5.41) is 6.83. The molecule has 0 spiro atoms. The number of aliphatic imine (C=N–C) groups is 1. The average Bonchev–Trinajstić information content (AvgIpc) is 2.58. The molecule has 4 nitrogen and oxygen atoms in total. The summed E-state index contributed by atoms with van der Waals surface area (Å²) >= 11 is 0. The summed E-state index contributed by atoms with van der Waals surface area (Å²) in [6, 6.07) is 9.47. The first-order valence-corrected chi connectivity index (χ1v) is 9.35. The van der Waals surface area contributed by atoms with E-state index in [1.165, 1.54) is 36.9 Å². The van der Waals surface area contributed by atoms with Gasteiger partial charge in [0, 0.05) is 32.7 Å². The molecule has 0 amide bonds. The summed E-state index contributed by atoms with van der Waals surface area (Å²) in [5.74, 6) is 1.49. The van der Waals surface area contributed by atoms with Gasteiger partial charge in [-0.05, 0) is 43.4 Å². The normalized spacial score (nSPS) is 19.5. The van der Waals surface area contributed by atoms with E-state index in [-0.39, 0.29) is 0 Å². The van der Waals surface area contributed by atoms with E-state index in [4.69, 9.17) is 0 Å². The summed E-state index contributed by atoms with van der Waals surface area (Å²) in [5.41, 5.74) is 2.79. The average molecular weight is 331 g/mol. The molecule has 0 radical (unpaired) electrons. The quantitative estimate of drug-likeness (QED) is 0.620. The van der Waals surface area contributed by atoms with Gasteiger partial charge in [-0.1, -0.05) is 44.5 Å². The van der Waals surface area contributed by atoms with Crippen molar-refractivity contribution >= 4 is 5.96 Å². The molecule has 2 rings (SSSR count). The fourth-order valence-electron chi connectivity index (χ4n) is 3.20. The molecule has 24 heavy (non-hydrogen) atoms. The number of nitrogens with one attached hydrogen (secondary N) is 2. The minimum atomic E-state index is 0.608. The standard InChI is InChI=1S/C20H34N4/c1-16(2)13-22-20(21-4)23-14-18-10-5-6-11-19(18)15-24-12-8-7-9-17(24)3/h5-6,10-11,16-17H,7-9,12-15H2,1-4H3,(H2,21,22,23). The number of nitrogens with zero attached hydrogens (tertiary/aromatic N) is 2. The maximum Gasteiger partial charge on any atom is 0.191 e. The van der Waals surface area contributed by atoms with Crippen molar-refractivity contribution in [2.45, 2.75) is 59.2 Å². The molecular weight excluding hydrogens is 296 g/mol. The molecule has 1 atom stereocenters. The van der Waals surface area contributed by atoms with Gasteiger partial charge in [0.15, 0.2) is 5.96 Å². The van der Waals surface area contributed by atoms with Crippen molar-refractivity contribution < 1.29 is 0 Å². The van der Waals surface area contributed by atoms with Crippen molar-refractivity contribution in [2.75, 3.05) is 20.1 Å². The third-order valence-corrected chi connectivity index (χ3v) is 4.78. The molecule has 2 N–H and O–H groups in total. The van der Waals surface area contributed by atoms with Gasteiger partial charge < -0.3 is 10.6 Å². The lowest BCUT2D eigenvalue weighted by molar-refractivity contribution is 0.152. The van der Waals surface area contributed by atoms with Crippen LogP contribution in [0.25, 0.3) is 0 Å². The molecular formula is C20H34N4. The molecule has 0 aromatic heterocycles. The lowest BCUT2D eigenvalue weighted by Gasteiger charge is -2.33. The fraction of sp³-hybridized carbons (Fsp3) is 0.650. The second-order valence-electron chi connectivity index (χ2n) is 7.28. The van der Waals surface area contributed by atoms with Crippen molar-refractivity contribution in [1.82, 2.24) is 15.5 Å². The monoisotopic (exact) mass is 330 g/mol. The predicted molar refractivity (Wildman–Crippen MR) is 103 cm³/mol. The molecule has 1 aliphatic rings. The Morgan fingerprint density at radius 2 is 1.96 bits per heavy atom. The zero-order valence-corrected chi connectivity index (χ0v) is 15.8. The van der Waals surface area contributed by atoms with E-state index < -0.39 is 0 Å². The maximum atomic E-state index is 4.32. The van der Waals surface area contributed by atoms with Crippen molar-refractivity contribution in [2.24, 2.45) is 10.9 Å². The van der Waals surface area contributed by atoms with Crippen LogP contribution in [-0.4, -0.2) is 37.0 Å². The SMILES string of the molecule is CN=C(NCc1ccccc1CN1CCCCC1C)NCC(C)C. The van der Waals surface area contributed by atoms with Gasteiger partial charge in [0.25, 0.3) is 0 Å². The van der Waals surface area contributed by atoms with E-state index in [2.05, 4.69) is 65.6 Å². The second-order valence-corrected chi connectivity index (χ2v) is 7.28. The van der Waals surface area contributed by atoms with Crippen LogP contribution in [0.15, 0.2) is 29.3 Å².